The highest BCUT2D eigenvalue weighted by Crippen LogP contribution is 2.27. The third-order valence-electron chi connectivity index (χ3n) is 5.30. The molecule has 4 nitrogen and oxygen atoms in total. The van der Waals surface area contributed by atoms with Gasteiger partial charge in [-0.1, -0.05) is 60.2 Å². The van der Waals surface area contributed by atoms with Crippen molar-refractivity contribution in [2.24, 2.45) is 0 Å². The molecule has 1 aromatic rings. The summed E-state index contributed by atoms with van der Waals surface area (Å²) in [5.74, 6) is -1.16. The zero-order valence-corrected chi connectivity index (χ0v) is 16.1. The molecule has 3 rings (SSSR count). The first-order valence-electron chi connectivity index (χ1n) is 9.83. The molecule has 2 aliphatic carbocycles. The first-order chi connectivity index (χ1) is 13.7. The third kappa shape index (κ3) is 5.55. The molecule has 1 N–H and O–H groups in total. The molecule has 0 bridgehead atoms. The minimum absolute atomic E-state index is 0.191. The van der Waals surface area contributed by atoms with Crippen molar-refractivity contribution in [1.29, 1.82) is 5.26 Å². The fourth-order valence-corrected chi connectivity index (χ4v) is 3.78. The maximum atomic E-state index is 11.1. The lowest BCUT2D eigenvalue weighted by molar-refractivity contribution is -0.132. The summed E-state index contributed by atoms with van der Waals surface area (Å²) in [7, 11) is 0. The lowest BCUT2D eigenvalue weighted by Crippen LogP contribution is -2.37. The van der Waals surface area contributed by atoms with Gasteiger partial charge >= 0.3 is 5.97 Å². The number of hydrogen-bond acceptors (Lipinski definition) is 3. The molecule has 0 spiro atoms. The smallest absolute Gasteiger partial charge is 0.346 e. The Balaban J connectivity index is 1.73. The molecule has 0 saturated heterocycles. The van der Waals surface area contributed by atoms with Crippen molar-refractivity contribution in [3.63, 3.8) is 0 Å². The molecule has 0 fully saturated rings. The van der Waals surface area contributed by atoms with E-state index in [2.05, 4.69) is 53.5 Å². The first-order valence-corrected chi connectivity index (χ1v) is 9.83. The monoisotopic (exact) mass is 374 g/mol. The van der Waals surface area contributed by atoms with Crippen LogP contribution in [0, 0.1) is 11.3 Å². The molecule has 0 saturated carbocycles. The Bertz CT molecular complexity index is 856. The van der Waals surface area contributed by atoms with Crippen LogP contribution in [0.25, 0.3) is 0 Å². The largest absolute Gasteiger partial charge is 0.477 e. The van der Waals surface area contributed by atoms with Crippen LogP contribution < -0.4 is 0 Å². The molecular formula is C24H26N2O2. The van der Waals surface area contributed by atoms with E-state index in [1.807, 2.05) is 6.07 Å². The number of benzene rings is 1. The molecule has 0 amide bonds. The van der Waals surface area contributed by atoms with Gasteiger partial charge in [-0.25, -0.2) is 4.79 Å². The van der Waals surface area contributed by atoms with E-state index in [4.69, 9.17) is 10.4 Å². The summed E-state index contributed by atoms with van der Waals surface area (Å²) in [6, 6.07) is 12.7. The van der Waals surface area contributed by atoms with Crippen LogP contribution >= 0.6 is 0 Å². The highest BCUT2D eigenvalue weighted by atomic mass is 16.4. The van der Waals surface area contributed by atoms with E-state index < -0.39 is 5.97 Å². The molecule has 0 radical (unpaired) electrons. The second-order valence-electron chi connectivity index (χ2n) is 7.33. The van der Waals surface area contributed by atoms with Gasteiger partial charge in [-0.05, 0) is 49.3 Å². The van der Waals surface area contributed by atoms with Gasteiger partial charge in [0.15, 0.2) is 0 Å². The first kappa shape index (κ1) is 19.9. The molecule has 2 aliphatic rings. The number of carbonyl (C=O) groups is 1. The summed E-state index contributed by atoms with van der Waals surface area (Å²) >= 11 is 0. The van der Waals surface area contributed by atoms with Crippen LogP contribution in [0.2, 0.25) is 0 Å². The predicted molar refractivity (Wildman–Crippen MR) is 110 cm³/mol. The summed E-state index contributed by atoms with van der Waals surface area (Å²) < 4.78 is 0. The molecule has 144 valence electrons. The van der Waals surface area contributed by atoms with Gasteiger partial charge < -0.3 is 5.11 Å². The molecule has 28 heavy (non-hydrogen) atoms. The van der Waals surface area contributed by atoms with Crippen LogP contribution in [0.4, 0.5) is 0 Å². The normalized spacial score (nSPS) is 19.7. The maximum absolute atomic E-state index is 11.1. The minimum Gasteiger partial charge on any atom is -0.477 e. The summed E-state index contributed by atoms with van der Waals surface area (Å²) in [5, 5.41) is 18.0. The third-order valence-corrected chi connectivity index (χ3v) is 5.30. The molecular weight excluding hydrogens is 348 g/mol. The van der Waals surface area contributed by atoms with Crippen molar-refractivity contribution in [3.05, 3.63) is 83.0 Å². The summed E-state index contributed by atoms with van der Waals surface area (Å²) in [6.45, 7) is 1.82. The van der Waals surface area contributed by atoms with E-state index in [1.165, 1.54) is 17.2 Å². The van der Waals surface area contributed by atoms with Crippen LogP contribution in [0.5, 0.6) is 0 Å². The van der Waals surface area contributed by atoms with E-state index in [1.54, 1.807) is 6.07 Å². The maximum Gasteiger partial charge on any atom is 0.346 e. The van der Waals surface area contributed by atoms with Crippen LogP contribution in [-0.4, -0.2) is 28.6 Å². The Hall–Kier alpha value is -2.90. The van der Waals surface area contributed by atoms with Crippen molar-refractivity contribution in [2.45, 2.75) is 44.7 Å². The summed E-state index contributed by atoms with van der Waals surface area (Å²) in [4.78, 5) is 13.6. The van der Waals surface area contributed by atoms with Crippen LogP contribution in [0.15, 0.2) is 77.4 Å². The fraction of sp³-hybridized carbons (Fsp3) is 0.333. The zero-order chi connectivity index (χ0) is 19.8. The van der Waals surface area contributed by atoms with Gasteiger partial charge in [-0.15, -0.1) is 0 Å². The van der Waals surface area contributed by atoms with Crippen molar-refractivity contribution in [3.8, 4) is 6.07 Å². The number of aliphatic carboxylic acids is 1. The van der Waals surface area contributed by atoms with Crippen molar-refractivity contribution >= 4 is 5.97 Å². The number of nitriles is 1. The predicted octanol–water partition coefficient (Wildman–Crippen LogP) is 4.78. The van der Waals surface area contributed by atoms with Crippen molar-refractivity contribution < 1.29 is 9.90 Å². The number of nitrogens with zero attached hydrogens (tertiary/aromatic N) is 2. The highest BCUT2D eigenvalue weighted by Gasteiger charge is 2.22. The molecule has 0 aromatic heterocycles. The molecule has 0 aliphatic heterocycles. The van der Waals surface area contributed by atoms with Gasteiger partial charge in [0.25, 0.3) is 0 Å². The van der Waals surface area contributed by atoms with Crippen molar-refractivity contribution in [2.75, 3.05) is 6.54 Å². The topological polar surface area (TPSA) is 64.3 Å². The average Bonchev–Trinajstić information content (AvgIpc) is 2.73. The second-order valence-corrected chi connectivity index (χ2v) is 7.33. The van der Waals surface area contributed by atoms with Crippen LogP contribution in [-0.2, 0) is 11.3 Å². The number of rotatable bonds is 7. The van der Waals surface area contributed by atoms with Gasteiger partial charge in [-0.2, -0.15) is 5.26 Å². The SMILES string of the molecule is N#C/C(=C\C1=CCC(N(CC2=CCCC=C2)Cc2ccccc2)CC1)C(=O)O. The molecule has 1 atom stereocenters. The Kier molecular flexibility index (Phi) is 7.00. The Labute approximate surface area is 166 Å². The van der Waals surface area contributed by atoms with Crippen molar-refractivity contribution in [1.82, 2.24) is 4.90 Å². The fourth-order valence-electron chi connectivity index (χ4n) is 3.78. The van der Waals surface area contributed by atoms with Gasteiger partial charge in [0.1, 0.15) is 11.6 Å². The van der Waals surface area contributed by atoms with Gasteiger partial charge in [-0.3, -0.25) is 4.90 Å². The van der Waals surface area contributed by atoms with Gasteiger partial charge in [0.2, 0.25) is 0 Å². The number of allylic oxidation sites excluding steroid dienone is 4. The molecule has 1 unspecified atom stereocenters. The summed E-state index contributed by atoms with van der Waals surface area (Å²) in [6.07, 6.45) is 15.3. The van der Waals surface area contributed by atoms with Crippen LogP contribution in [0.1, 0.15) is 37.7 Å². The minimum atomic E-state index is -1.16. The van der Waals surface area contributed by atoms with E-state index in [0.717, 1.165) is 50.8 Å². The highest BCUT2D eigenvalue weighted by molar-refractivity contribution is 5.91. The molecule has 1 aromatic carbocycles. The number of carboxylic acid groups (broad SMARTS) is 1. The van der Waals surface area contributed by atoms with E-state index in [0.29, 0.717) is 6.04 Å². The molecule has 0 heterocycles. The number of hydrogen-bond donors (Lipinski definition) is 1. The lowest BCUT2D eigenvalue weighted by Gasteiger charge is -2.34. The zero-order valence-electron chi connectivity index (χ0n) is 16.1. The van der Waals surface area contributed by atoms with Gasteiger partial charge in [0, 0.05) is 19.1 Å². The average molecular weight is 374 g/mol. The standard InChI is InChI=1S/C24H26N2O2/c25-16-22(24(27)28)15-19-11-13-23(14-12-19)26(17-20-7-3-1-4-8-20)18-21-9-5-2-6-10-21/h1,3-5,7-11,15,23H,2,6,12-14,17-18H2,(H,27,28)/b22-15+. The van der Waals surface area contributed by atoms with E-state index in [9.17, 15) is 4.79 Å². The second kappa shape index (κ2) is 9.87. The van der Waals surface area contributed by atoms with Crippen LogP contribution in [0.3, 0.4) is 0 Å². The Morgan fingerprint density at radius 2 is 2.04 bits per heavy atom. The molecule has 4 heteroatoms. The van der Waals surface area contributed by atoms with Gasteiger partial charge in [0.05, 0.1) is 0 Å². The Morgan fingerprint density at radius 1 is 1.21 bits per heavy atom. The quantitative estimate of drug-likeness (QED) is 0.551. The number of carboxylic acids is 1. The lowest BCUT2D eigenvalue weighted by atomic mass is 9.92. The summed E-state index contributed by atoms with van der Waals surface area (Å²) in [5.41, 5.74) is 3.43. The Morgan fingerprint density at radius 3 is 2.64 bits per heavy atom. The van der Waals surface area contributed by atoms with E-state index in [-0.39, 0.29) is 5.57 Å². The van der Waals surface area contributed by atoms with E-state index >= 15 is 0 Å².